The first-order valence-corrected chi connectivity index (χ1v) is 23.0. The van der Waals surface area contributed by atoms with Crippen LogP contribution in [0.2, 0.25) is 0 Å². The number of allylic oxidation sites excluding steroid dienone is 2. The predicted molar refractivity (Wildman–Crippen MR) is 246 cm³/mol. The topological polar surface area (TPSA) is 28.2 Å². The molecule has 6 aromatic rings. The molecule has 5 aromatic carbocycles. The van der Waals surface area contributed by atoms with Crippen molar-refractivity contribution in [2.24, 2.45) is 29.1 Å². The number of fused-ring (bicyclic) bond motifs is 10. The normalized spacial score (nSPS) is 33.7. The van der Waals surface area contributed by atoms with Crippen LogP contribution < -0.4 is 10.2 Å². The molecule has 61 heavy (non-hydrogen) atoms. The highest BCUT2D eigenvalue weighted by molar-refractivity contribution is 5.85. The molecule has 0 amide bonds. The standard InChI is InChI=1S/C58H49N3/c1-5-16-36(17-6-1)38-29-50(37-18-7-2-8-19-37)59-51(30-38)39-28-46(56-53(31-39)61(43-20-9-3-10-21-43)52-27-12-4-11-26-49(52)60-56)44-23-15-25-48-55(44)45-22-13-14-24-47(45)58(48)42-33-40-32-41-34-54(58)57(40,41)35-42/h1-3,5-11,13-27,29-30,39-42,46,49,53-54,56,60H,28,31-35H2. The zero-order chi connectivity index (χ0) is 39.9. The van der Waals surface area contributed by atoms with Crippen LogP contribution in [-0.4, -0.2) is 23.1 Å². The Bertz CT molecular complexity index is 2830. The number of pyridine rings is 1. The SMILES string of the molecule is C1#CC=C2C(C=C1)NC1C(c3cccc4c3-c3ccccc3C43C4CC5CC6CC3C56C4)CC(c3cc(-c4ccccc4)cc(-c4ccccc4)n3)CC1N2c1ccccc1. The molecular weight excluding hydrogens is 739 g/mol. The van der Waals surface area contributed by atoms with Gasteiger partial charge in [0.25, 0.3) is 0 Å². The van der Waals surface area contributed by atoms with Gasteiger partial charge >= 0.3 is 0 Å². The summed E-state index contributed by atoms with van der Waals surface area (Å²) in [5, 5.41) is 4.34. The molecule has 3 nitrogen and oxygen atoms in total. The summed E-state index contributed by atoms with van der Waals surface area (Å²) in [6, 6.07) is 55.3. The fourth-order valence-electron chi connectivity index (χ4n) is 15.4. The number of nitrogens with one attached hydrogen (secondary N) is 1. The Balaban J connectivity index is 0.975. The van der Waals surface area contributed by atoms with Gasteiger partial charge in [-0.15, -0.1) is 0 Å². The molecule has 3 heteroatoms. The summed E-state index contributed by atoms with van der Waals surface area (Å²) in [4.78, 5) is 8.33. The van der Waals surface area contributed by atoms with Crippen molar-refractivity contribution >= 4 is 5.69 Å². The number of piperazine rings is 1. The Kier molecular flexibility index (Phi) is 7.28. The van der Waals surface area contributed by atoms with Crippen LogP contribution >= 0.6 is 0 Å². The van der Waals surface area contributed by atoms with Gasteiger partial charge in [-0.05, 0) is 137 Å². The smallest absolute Gasteiger partial charge is 0.0711 e. The molecular formula is C58H49N3. The molecule has 1 aromatic heterocycles. The van der Waals surface area contributed by atoms with Crippen molar-refractivity contribution in [2.75, 3.05) is 4.90 Å². The van der Waals surface area contributed by atoms with E-state index in [9.17, 15) is 0 Å². The lowest BCUT2D eigenvalue weighted by molar-refractivity contribution is -0.193. The lowest BCUT2D eigenvalue weighted by Gasteiger charge is -2.70. The fraction of sp³-hybridized carbons (Fsp3) is 0.293. The van der Waals surface area contributed by atoms with Gasteiger partial charge in [-0.2, -0.15) is 0 Å². The van der Waals surface area contributed by atoms with Gasteiger partial charge in [-0.25, -0.2) is 0 Å². The maximum Gasteiger partial charge on any atom is 0.0711 e. The van der Waals surface area contributed by atoms with Crippen LogP contribution in [0.25, 0.3) is 33.5 Å². The monoisotopic (exact) mass is 787 g/mol. The third-order valence-corrected chi connectivity index (χ3v) is 17.6. The summed E-state index contributed by atoms with van der Waals surface area (Å²) in [7, 11) is 0. The van der Waals surface area contributed by atoms with E-state index < -0.39 is 0 Å². The molecule has 2 spiro atoms. The number of para-hydroxylation sites is 1. The minimum atomic E-state index is 0.0507. The molecule has 296 valence electrons. The van der Waals surface area contributed by atoms with Gasteiger partial charge in [0.05, 0.1) is 17.8 Å². The summed E-state index contributed by atoms with van der Waals surface area (Å²) in [5.41, 5.74) is 17.0. The number of benzene rings is 5. The van der Waals surface area contributed by atoms with Crippen LogP contribution in [0.3, 0.4) is 0 Å². The molecule has 14 rings (SSSR count). The first-order chi connectivity index (χ1) is 30.2. The Morgan fingerprint density at radius 1 is 0.639 bits per heavy atom. The van der Waals surface area contributed by atoms with Crippen molar-refractivity contribution in [2.45, 2.75) is 73.9 Å². The summed E-state index contributed by atoms with van der Waals surface area (Å²) < 4.78 is 0. The molecule has 7 aliphatic carbocycles. The third-order valence-electron chi connectivity index (χ3n) is 17.6. The maximum atomic E-state index is 5.65. The van der Waals surface area contributed by atoms with E-state index in [0.29, 0.717) is 5.41 Å². The quantitative estimate of drug-likeness (QED) is 0.176. The van der Waals surface area contributed by atoms with Crippen LogP contribution in [0.15, 0.2) is 170 Å². The Labute approximate surface area is 359 Å². The van der Waals surface area contributed by atoms with Gasteiger partial charge in [-0.3, -0.25) is 10.3 Å². The molecule has 1 aliphatic heterocycles. The van der Waals surface area contributed by atoms with E-state index >= 15 is 0 Å². The number of nitrogens with zero attached hydrogens (tertiary/aromatic N) is 2. The van der Waals surface area contributed by atoms with Crippen LogP contribution in [0, 0.1) is 40.9 Å². The van der Waals surface area contributed by atoms with E-state index in [0.717, 1.165) is 47.8 Å². The summed E-state index contributed by atoms with van der Waals surface area (Å²) in [6.45, 7) is 0. The van der Waals surface area contributed by atoms with Crippen molar-refractivity contribution in [3.05, 3.63) is 192 Å². The van der Waals surface area contributed by atoms with Gasteiger partial charge in [0.2, 0.25) is 0 Å². The highest BCUT2D eigenvalue weighted by Crippen LogP contribution is 2.88. The molecule has 8 aliphatic rings. The van der Waals surface area contributed by atoms with E-state index in [4.69, 9.17) is 4.98 Å². The van der Waals surface area contributed by atoms with Gasteiger partial charge < -0.3 is 4.90 Å². The van der Waals surface area contributed by atoms with Crippen molar-refractivity contribution < 1.29 is 0 Å². The highest BCUT2D eigenvalue weighted by atomic mass is 15.3. The van der Waals surface area contributed by atoms with Crippen LogP contribution in [-0.2, 0) is 5.41 Å². The second-order valence-corrected chi connectivity index (χ2v) is 19.7. The molecule has 2 bridgehead atoms. The number of aromatic nitrogens is 1. The van der Waals surface area contributed by atoms with Gasteiger partial charge in [-0.1, -0.05) is 139 Å². The highest BCUT2D eigenvalue weighted by Gasteiger charge is 2.82. The van der Waals surface area contributed by atoms with Crippen molar-refractivity contribution in [1.29, 1.82) is 0 Å². The number of anilines is 1. The molecule has 6 fully saturated rings. The first kappa shape index (κ1) is 34.7. The van der Waals surface area contributed by atoms with E-state index in [-0.39, 0.29) is 35.4 Å². The average molecular weight is 788 g/mol. The van der Waals surface area contributed by atoms with Crippen LogP contribution in [0.1, 0.15) is 72.7 Å². The van der Waals surface area contributed by atoms with E-state index in [1.54, 1.807) is 16.7 Å². The molecule has 11 atom stereocenters. The van der Waals surface area contributed by atoms with Crippen LogP contribution in [0.4, 0.5) is 5.69 Å². The van der Waals surface area contributed by atoms with Gasteiger partial charge in [0.15, 0.2) is 0 Å². The third kappa shape index (κ3) is 4.62. The predicted octanol–water partition coefficient (Wildman–Crippen LogP) is 12.1. The largest absolute Gasteiger partial charge is 0.338 e. The molecule has 5 saturated carbocycles. The fourth-order valence-corrected chi connectivity index (χ4v) is 15.4. The second kappa shape index (κ2) is 12.8. The van der Waals surface area contributed by atoms with Gasteiger partial charge in [0, 0.05) is 52.0 Å². The van der Waals surface area contributed by atoms with E-state index in [1.807, 2.05) is 0 Å². The van der Waals surface area contributed by atoms with E-state index in [2.05, 4.69) is 186 Å². The zero-order valence-electron chi connectivity index (χ0n) is 34.4. The Morgan fingerprint density at radius 2 is 1.38 bits per heavy atom. The summed E-state index contributed by atoms with van der Waals surface area (Å²) in [5.74, 6) is 10.7. The zero-order valence-corrected chi connectivity index (χ0v) is 34.4. The molecule has 2 heterocycles. The first-order valence-electron chi connectivity index (χ1n) is 23.0. The molecule has 1 N–H and O–H groups in total. The molecule has 0 radical (unpaired) electrons. The van der Waals surface area contributed by atoms with Crippen molar-refractivity contribution in [3.63, 3.8) is 0 Å². The number of hydrogen-bond donors (Lipinski definition) is 1. The van der Waals surface area contributed by atoms with Crippen molar-refractivity contribution in [3.8, 4) is 45.4 Å². The maximum absolute atomic E-state index is 5.65. The summed E-state index contributed by atoms with van der Waals surface area (Å²) in [6.07, 6.45) is 14.3. The lowest BCUT2D eigenvalue weighted by atomic mass is 9.34. The lowest BCUT2D eigenvalue weighted by Crippen LogP contribution is -2.65. The summed E-state index contributed by atoms with van der Waals surface area (Å²) >= 11 is 0. The van der Waals surface area contributed by atoms with Gasteiger partial charge in [0.1, 0.15) is 0 Å². The number of hydrogen-bond acceptors (Lipinski definition) is 3. The molecule has 1 saturated heterocycles. The minimum absolute atomic E-state index is 0.0507. The molecule has 11 unspecified atom stereocenters. The average Bonchev–Trinajstić information content (AvgIpc) is 3.84. The Morgan fingerprint density at radius 3 is 2.20 bits per heavy atom. The Hall–Kier alpha value is -5.95. The van der Waals surface area contributed by atoms with Crippen LogP contribution in [0.5, 0.6) is 0 Å². The minimum Gasteiger partial charge on any atom is -0.338 e. The van der Waals surface area contributed by atoms with Crippen molar-refractivity contribution in [1.82, 2.24) is 10.3 Å². The number of rotatable bonds is 5. The second-order valence-electron chi connectivity index (χ2n) is 19.7. The van der Waals surface area contributed by atoms with E-state index in [1.165, 1.54) is 65.0 Å².